The number of aliphatic hydroxyl groups is 1. The van der Waals surface area contributed by atoms with Crippen LogP contribution in [-0.4, -0.2) is 64.8 Å². The van der Waals surface area contributed by atoms with Gasteiger partial charge < -0.3 is 24.4 Å². The Labute approximate surface area is 168 Å². The van der Waals surface area contributed by atoms with Crippen molar-refractivity contribution in [2.24, 2.45) is 0 Å². The van der Waals surface area contributed by atoms with Crippen molar-refractivity contribution in [2.45, 2.75) is 24.4 Å². The van der Waals surface area contributed by atoms with Gasteiger partial charge in [0.05, 0.1) is 18.2 Å². The third-order valence-corrected chi connectivity index (χ3v) is 6.30. The average Bonchev–Trinajstić information content (AvgIpc) is 3.14. The van der Waals surface area contributed by atoms with Crippen LogP contribution in [0.4, 0.5) is 0 Å². The zero-order valence-electron chi connectivity index (χ0n) is 16.1. The van der Waals surface area contributed by atoms with E-state index in [9.17, 15) is 14.7 Å². The van der Waals surface area contributed by atoms with Gasteiger partial charge in [-0.1, -0.05) is 30.3 Å². The zero-order chi connectivity index (χ0) is 20.2. The standard InChI is InChI=1S/C22H22N2O5/c1-14(26)24-17(10-25)20(15-5-3-2-4-6-15)22(24)11-23(12-22)21(27)16-7-8-18-19(9-16)29-13-28-18/h2-9,17,20,25H,10-13H2,1H3/t17-,20-/m0/s1. The molecule has 0 radical (unpaired) electrons. The molecule has 0 bridgehead atoms. The first-order chi connectivity index (χ1) is 14.0. The van der Waals surface area contributed by atoms with Crippen LogP contribution in [0.25, 0.3) is 0 Å². The summed E-state index contributed by atoms with van der Waals surface area (Å²) < 4.78 is 10.7. The number of carbonyl (C=O) groups is 2. The van der Waals surface area contributed by atoms with Crippen LogP contribution in [0.2, 0.25) is 0 Å². The van der Waals surface area contributed by atoms with Crippen LogP contribution in [0, 0.1) is 0 Å². The van der Waals surface area contributed by atoms with Gasteiger partial charge in [-0.25, -0.2) is 0 Å². The smallest absolute Gasteiger partial charge is 0.254 e. The SMILES string of the molecule is CC(=O)N1[C@@H](CO)[C@H](c2ccccc2)C12CN(C(=O)c1ccc3c(c1)OCO3)C2. The fourth-order valence-electron chi connectivity index (χ4n) is 5.15. The molecule has 5 rings (SSSR count). The van der Waals surface area contributed by atoms with Crippen molar-refractivity contribution in [3.63, 3.8) is 0 Å². The predicted molar refractivity (Wildman–Crippen MR) is 104 cm³/mol. The number of aliphatic hydroxyl groups excluding tert-OH is 1. The molecule has 2 aromatic carbocycles. The van der Waals surface area contributed by atoms with Crippen molar-refractivity contribution >= 4 is 11.8 Å². The predicted octanol–water partition coefficient (Wildman–Crippen LogP) is 1.62. The molecule has 1 spiro atoms. The van der Waals surface area contributed by atoms with Crippen molar-refractivity contribution in [3.8, 4) is 11.5 Å². The maximum absolute atomic E-state index is 13.0. The van der Waals surface area contributed by atoms with Crippen molar-refractivity contribution in [1.29, 1.82) is 0 Å². The van der Waals surface area contributed by atoms with Crippen molar-refractivity contribution in [3.05, 3.63) is 59.7 Å². The average molecular weight is 394 g/mol. The van der Waals surface area contributed by atoms with Gasteiger partial charge in [-0.3, -0.25) is 9.59 Å². The molecule has 2 aromatic rings. The molecule has 0 aromatic heterocycles. The van der Waals surface area contributed by atoms with Crippen LogP contribution in [0.3, 0.4) is 0 Å². The van der Waals surface area contributed by atoms with E-state index in [-0.39, 0.29) is 37.2 Å². The Morgan fingerprint density at radius 1 is 1.10 bits per heavy atom. The van der Waals surface area contributed by atoms with E-state index >= 15 is 0 Å². The Bertz CT molecular complexity index is 970. The molecule has 2 saturated heterocycles. The topological polar surface area (TPSA) is 79.3 Å². The van der Waals surface area contributed by atoms with E-state index in [4.69, 9.17) is 9.47 Å². The number of nitrogens with zero attached hydrogens (tertiary/aromatic N) is 2. The van der Waals surface area contributed by atoms with Crippen LogP contribution in [0.1, 0.15) is 28.8 Å². The molecular weight excluding hydrogens is 372 g/mol. The molecule has 150 valence electrons. The number of benzene rings is 2. The molecule has 29 heavy (non-hydrogen) atoms. The van der Waals surface area contributed by atoms with E-state index in [1.165, 1.54) is 6.92 Å². The van der Waals surface area contributed by atoms with Crippen molar-refractivity contribution < 1.29 is 24.2 Å². The minimum absolute atomic E-state index is 0.00148. The number of carbonyl (C=O) groups excluding carboxylic acids is 2. The van der Waals surface area contributed by atoms with Gasteiger partial charge in [-0.05, 0) is 23.8 Å². The van der Waals surface area contributed by atoms with Crippen LogP contribution in [-0.2, 0) is 4.79 Å². The Morgan fingerprint density at radius 3 is 2.52 bits per heavy atom. The summed E-state index contributed by atoms with van der Waals surface area (Å²) in [6.45, 7) is 2.46. The first kappa shape index (κ1) is 18.0. The lowest BCUT2D eigenvalue weighted by molar-refractivity contribution is -0.191. The Kier molecular flexibility index (Phi) is 4.03. The number of hydrogen-bond donors (Lipinski definition) is 1. The first-order valence-corrected chi connectivity index (χ1v) is 9.70. The van der Waals surface area contributed by atoms with E-state index in [0.29, 0.717) is 30.2 Å². The molecule has 0 saturated carbocycles. The van der Waals surface area contributed by atoms with Crippen LogP contribution in [0.5, 0.6) is 11.5 Å². The van der Waals surface area contributed by atoms with Gasteiger partial charge in [0.15, 0.2) is 11.5 Å². The molecular formula is C22H22N2O5. The monoisotopic (exact) mass is 394 g/mol. The summed E-state index contributed by atoms with van der Waals surface area (Å²) in [4.78, 5) is 28.8. The number of amides is 2. The van der Waals surface area contributed by atoms with Crippen LogP contribution in [0.15, 0.2) is 48.5 Å². The van der Waals surface area contributed by atoms with Gasteiger partial charge in [-0.15, -0.1) is 0 Å². The van der Waals surface area contributed by atoms with E-state index in [2.05, 4.69) is 0 Å². The zero-order valence-corrected chi connectivity index (χ0v) is 16.1. The molecule has 3 aliphatic rings. The summed E-state index contributed by atoms with van der Waals surface area (Å²) in [5, 5.41) is 9.93. The first-order valence-electron chi connectivity index (χ1n) is 9.70. The lowest BCUT2D eigenvalue weighted by Gasteiger charge is -2.70. The summed E-state index contributed by atoms with van der Waals surface area (Å²) in [6.07, 6.45) is 0. The minimum Gasteiger partial charge on any atom is -0.454 e. The summed E-state index contributed by atoms with van der Waals surface area (Å²) in [6, 6.07) is 14.8. The number of likely N-dealkylation sites (tertiary alicyclic amines) is 2. The van der Waals surface area contributed by atoms with Gasteiger partial charge in [0.1, 0.15) is 0 Å². The Hall–Kier alpha value is -3.06. The second-order valence-corrected chi connectivity index (χ2v) is 7.86. The minimum atomic E-state index is -0.466. The Morgan fingerprint density at radius 2 is 1.83 bits per heavy atom. The highest BCUT2D eigenvalue weighted by atomic mass is 16.7. The molecule has 1 N–H and O–H groups in total. The highest BCUT2D eigenvalue weighted by Crippen LogP contribution is 2.54. The molecule has 2 atom stereocenters. The van der Waals surface area contributed by atoms with E-state index in [1.807, 2.05) is 30.3 Å². The lowest BCUT2D eigenvalue weighted by Crippen LogP contribution is -2.85. The highest BCUT2D eigenvalue weighted by molar-refractivity contribution is 5.96. The third-order valence-electron chi connectivity index (χ3n) is 6.30. The fraction of sp³-hybridized carbons (Fsp3) is 0.364. The third kappa shape index (κ3) is 2.54. The number of rotatable bonds is 3. The fourth-order valence-corrected chi connectivity index (χ4v) is 5.15. The summed E-state index contributed by atoms with van der Waals surface area (Å²) in [7, 11) is 0. The molecule has 3 aliphatic heterocycles. The number of ether oxygens (including phenoxy) is 2. The van der Waals surface area contributed by atoms with E-state index in [1.54, 1.807) is 28.0 Å². The van der Waals surface area contributed by atoms with Gasteiger partial charge in [-0.2, -0.15) is 0 Å². The van der Waals surface area contributed by atoms with Gasteiger partial charge in [0.2, 0.25) is 12.7 Å². The van der Waals surface area contributed by atoms with E-state index < -0.39 is 5.54 Å². The van der Waals surface area contributed by atoms with Crippen LogP contribution >= 0.6 is 0 Å². The second kappa shape index (κ2) is 6.49. The molecule has 7 nitrogen and oxygen atoms in total. The number of hydrogen-bond acceptors (Lipinski definition) is 5. The largest absolute Gasteiger partial charge is 0.454 e. The normalized spacial score (nSPS) is 23.5. The van der Waals surface area contributed by atoms with Gasteiger partial charge in [0.25, 0.3) is 5.91 Å². The molecule has 0 aliphatic carbocycles. The van der Waals surface area contributed by atoms with Gasteiger partial charge >= 0.3 is 0 Å². The van der Waals surface area contributed by atoms with E-state index in [0.717, 1.165) is 5.56 Å². The molecule has 7 heteroatoms. The molecule has 3 heterocycles. The quantitative estimate of drug-likeness (QED) is 0.856. The van der Waals surface area contributed by atoms with Crippen molar-refractivity contribution in [2.75, 3.05) is 26.5 Å². The molecule has 2 amide bonds. The maximum atomic E-state index is 13.0. The van der Waals surface area contributed by atoms with Gasteiger partial charge in [0, 0.05) is 31.5 Å². The Balaban J connectivity index is 1.40. The summed E-state index contributed by atoms with van der Waals surface area (Å²) in [5.74, 6) is 1.03. The molecule has 0 unspecified atom stereocenters. The van der Waals surface area contributed by atoms with Crippen molar-refractivity contribution in [1.82, 2.24) is 9.80 Å². The highest BCUT2D eigenvalue weighted by Gasteiger charge is 2.67. The maximum Gasteiger partial charge on any atom is 0.254 e. The lowest BCUT2D eigenvalue weighted by atomic mass is 9.60. The van der Waals surface area contributed by atoms with Crippen LogP contribution < -0.4 is 9.47 Å². The molecule has 2 fully saturated rings. The summed E-state index contributed by atoms with van der Waals surface area (Å²) in [5.41, 5.74) is 1.15. The second-order valence-electron chi connectivity index (χ2n) is 7.86. The summed E-state index contributed by atoms with van der Waals surface area (Å²) >= 11 is 0. The number of fused-ring (bicyclic) bond motifs is 1.